The summed E-state index contributed by atoms with van der Waals surface area (Å²) in [7, 11) is 0. The zero-order valence-corrected chi connectivity index (χ0v) is 10.8. The fraction of sp³-hybridized carbons (Fsp3) is 0.818. The fourth-order valence-electron chi connectivity index (χ4n) is 1.33. The van der Waals surface area contributed by atoms with Crippen molar-refractivity contribution in [1.82, 2.24) is 0 Å². The van der Waals surface area contributed by atoms with Crippen LogP contribution in [0.3, 0.4) is 0 Å². The second kappa shape index (κ2) is 8.39. The number of rotatable bonds is 7. The van der Waals surface area contributed by atoms with Crippen molar-refractivity contribution in [3.8, 4) is 0 Å². The molecule has 2 atom stereocenters. The van der Waals surface area contributed by atoms with Crippen LogP contribution in [0, 0.1) is 5.92 Å². The summed E-state index contributed by atoms with van der Waals surface area (Å²) in [6.07, 6.45) is 1.28. The zero-order chi connectivity index (χ0) is 12.6. The minimum absolute atomic E-state index is 0.254. The molecule has 0 aliphatic carbocycles. The second-order valence-electron chi connectivity index (χ2n) is 3.30. The Kier molecular flexibility index (Phi) is 7.99. The molecular weight excluding hydrogens is 232 g/mol. The van der Waals surface area contributed by atoms with Gasteiger partial charge in [-0.2, -0.15) is 0 Å². The molecule has 94 valence electrons. The Labute approximate surface area is 101 Å². The molecule has 0 bridgehead atoms. The van der Waals surface area contributed by atoms with Gasteiger partial charge in [-0.05, 0) is 20.3 Å². The number of hydrogen-bond donors (Lipinski definition) is 0. The molecule has 0 spiro atoms. The van der Waals surface area contributed by atoms with Gasteiger partial charge in [0.1, 0.15) is 5.38 Å². The number of hydrogen-bond acceptors (Lipinski definition) is 4. The molecule has 0 fully saturated rings. The number of ether oxygens (including phenoxy) is 2. The van der Waals surface area contributed by atoms with E-state index in [2.05, 4.69) is 0 Å². The van der Waals surface area contributed by atoms with Crippen LogP contribution in [-0.2, 0) is 19.1 Å². The third-order valence-electron chi connectivity index (χ3n) is 2.05. The maximum absolute atomic E-state index is 11.6. The molecule has 0 aliphatic rings. The monoisotopic (exact) mass is 250 g/mol. The average Bonchev–Trinajstić information content (AvgIpc) is 2.25. The van der Waals surface area contributed by atoms with E-state index in [1.807, 2.05) is 6.92 Å². The van der Waals surface area contributed by atoms with E-state index in [1.54, 1.807) is 13.8 Å². The SMILES string of the molecule is CCCC(C(=O)OCC)C(Cl)C(=O)OCC. The van der Waals surface area contributed by atoms with Gasteiger partial charge < -0.3 is 9.47 Å². The Morgan fingerprint density at radius 3 is 2.00 bits per heavy atom. The lowest BCUT2D eigenvalue weighted by molar-refractivity contribution is -0.154. The van der Waals surface area contributed by atoms with Crippen LogP contribution in [0.4, 0.5) is 0 Å². The molecule has 0 N–H and O–H groups in total. The summed E-state index contributed by atoms with van der Waals surface area (Å²) in [4.78, 5) is 23.0. The van der Waals surface area contributed by atoms with Gasteiger partial charge in [0.2, 0.25) is 0 Å². The Hall–Kier alpha value is -0.770. The van der Waals surface area contributed by atoms with E-state index in [1.165, 1.54) is 0 Å². The van der Waals surface area contributed by atoms with Crippen LogP contribution in [0.5, 0.6) is 0 Å². The van der Waals surface area contributed by atoms with Gasteiger partial charge in [-0.1, -0.05) is 13.3 Å². The van der Waals surface area contributed by atoms with Crippen LogP contribution >= 0.6 is 11.6 Å². The first-order chi connectivity index (χ1) is 7.58. The molecule has 0 saturated heterocycles. The molecule has 0 radical (unpaired) electrons. The molecule has 0 heterocycles. The first-order valence-electron chi connectivity index (χ1n) is 5.55. The third kappa shape index (κ3) is 4.84. The van der Waals surface area contributed by atoms with Gasteiger partial charge in [0.05, 0.1) is 19.1 Å². The Morgan fingerprint density at radius 1 is 1.06 bits per heavy atom. The van der Waals surface area contributed by atoms with Gasteiger partial charge >= 0.3 is 11.9 Å². The van der Waals surface area contributed by atoms with Crippen LogP contribution in [-0.4, -0.2) is 30.5 Å². The van der Waals surface area contributed by atoms with Crippen molar-refractivity contribution in [2.45, 2.75) is 39.0 Å². The van der Waals surface area contributed by atoms with Gasteiger partial charge in [0.25, 0.3) is 0 Å². The van der Waals surface area contributed by atoms with Crippen LogP contribution in [0.15, 0.2) is 0 Å². The summed E-state index contributed by atoms with van der Waals surface area (Å²) >= 11 is 5.91. The molecule has 0 rings (SSSR count). The number of halogens is 1. The molecule has 5 heteroatoms. The van der Waals surface area contributed by atoms with Gasteiger partial charge in [0, 0.05) is 0 Å². The van der Waals surface area contributed by atoms with E-state index < -0.39 is 23.2 Å². The van der Waals surface area contributed by atoms with Gasteiger partial charge in [-0.25, -0.2) is 0 Å². The highest BCUT2D eigenvalue weighted by molar-refractivity contribution is 6.31. The maximum atomic E-state index is 11.6. The highest BCUT2D eigenvalue weighted by Gasteiger charge is 2.33. The van der Waals surface area contributed by atoms with Crippen LogP contribution in [0.25, 0.3) is 0 Å². The quantitative estimate of drug-likeness (QED) is 0.513. The Balaban J connectivity index is 4.50. The zero-order valence-electron chi connectivity index (χ0n) is 9.99. The van der Waals surface area contributed by atoms with Gasteiger partial charge in [0.15, 0.2) is 0 Å². The highest BCUT2D eigenvalue weighted by Crippen LogP contribution is 2.20. The minimum Gasteiger partial charge on any atom is -0.466 e. The topological polar surface area (TPSA) is 52.6 Å². The van der Waals surface area contributed by atoms with Crippen molar-refractivity contribution in [3.63, 3.8) is 0 Å². The molecule has 0 amide bonds. The lowest BCUT2D eigenvalue weighted by Crippen LogP contribution is -2.33. The van der Waals surface area contributed by atoms with E-state index in [9.17, 15) is 9.59 Å². The minimum atomic E-state index is -0.959. The standard InChI is InChI=1S/C11H19ClO4/c1-4-7-8(10(13)15-5-2)9(12)11(14)16-6-3/h8-9H,4-7H2,1-3H3. The van der Waals surface area contributed by atoms with Crippen LogP contribution < -0.4 is 0 Å². The number of alkyl halides is 1. The maximum Gasteiger partial charge on any atom is 0.324 e. The predicted octanol–water partition coefficient (Wildman–Crippen LogP) is 2.14. The summed E-state index contributed by atoms with van der Waals surface area (Å²) < 4.78 is 9.66. The smallest absolute Gasteiger partial charge is 0.324 e. The number of esters is 2. The van der Waals surface area contributed by atoms with Crippen molar-refractivity contribution in [2.24, 2.45) is 5.92 Å². The summed E-state index contributed by atoms with van der Waals surface area (Å²) in [6.45, 7) is 5.87. The molecule has 0 aromatic rings. The second-order valence-corrected chi connectivity index (χ2v) is 3.77. The number of carbonyl (C=O) groups excluding carboxylic acids is 2. The molecule has 2 unspecified atom stereocenters. The van der Waals surface area contributed by atoms with E-state index >= 15 is 0 Å². The van der Waals surface area contributed by atoms with Crippen molar-refractivity contribution >= 4 is 23.5 Å². The number of carbonyl (C=O) groups is 2. The third-order valence-corrected chi connectivity index (χ3v) is 2.54. The van der Waals surface area contributed by atoms with E-state index in [0.717, 1.165) is 6.42 Å². The summed E-state index contributed by atoms with van der Waals surface area (Å²) in [5.41, 5.74) is 0. The van der Waals surface area contributed by atoms with E-state index in [0.29, 0.717) is 6.42 Å². The van der Waals surface area contributed by atoms with E-state index in [-0.39, 0.29) is 13.2 Å². The lowest BCUT2D eigenvalue weighted by Gasteiger charge is -2.18. The van der Waals surface area contributed by atoms with E-state index in [4.69, 9.17) is 21.1 Å². The Bertz CT molecular complexity index is 230. The predicted molar refractivity (Wildman–Crippen MR) is 61.3 cm³/mol. The molecule has 0 aromatic carbocycles. The molecule has 4 nitrogen and oxygen atoms in total. The summed E-state index contributed by atoms with van der Waals surface area (Å²) in [5, 5.41) is -0.959. The average molecular weight is 251 g/mol. The van der Waals surface area contributed by atoms with Gasteiger partial charge in [-0.3, -0.25) is 9.59 Å². The van der Waals surface area contributed by atoms with Gasteiger partial charge in [-0.15, -0.1) is 11.6 Å². The van der Waals surface area contributed by atoms with Crippen molar-refractivity contribution in [1.29, 1.82) is 0 Å². The highest BCUT2D eigenvalue weighted by atomic mass is 35.5. The lowest BCUT2D eigenvalue weighted by atomic mass is 9.99. The normalized spacial score (nSPS) is 14.0. The van der Waals surface area contributed by atoms with Crippen LogP contribution in [0.1, 0.15) is 33.6 Å². The summed E-state index contributed by atoms with van der Waals surface area (Å²) in [5.74, 6) is -1.61. The molecular formula is C11H19ClO4. The fourth-order valence-corrected chi connectivity index (χ4v) is 1.62. The van der Waals surface area contributed by atoms with Crippen molar-refractivity contribution < 1.29 is 19.1 Å². The molecule has 16 heavy (non-hydrogen) atoms. The van der Waals surface area contributed by atoms with Crippen molar-refractivity contribution in [3.05, 3.63) is 0 Å². The van der Waals surface area contributed by atoms with Crippen molar-refractivity contribution in [2.75, 3.05) is 13.2 Å². The molecule has 0 saturated carbocycles. The Morgan fingerprint density at radius 2 is 1.56 bits per heavy atom. The first kappa shape index (κ1) is 15.2. The summed E-state index contributed by atoms with van der Waals surface area (Å²) in [6, 6.07) is 0. The van der Waals surface area contributed by atoms with Crippen LogP contribution in [0.2, 0.25) is 0 Å². The first-order valence-corrected chi connectivity index (χ1v) is 5.99. The molecule has 0 aliphatic heterocycles. The largest absolute Gasteiger partial charge is 0.466 e. The molecule has 0 aromatic heterocycles.